The summed E-state index contributed by atoms with van der Waals surface area (Å²) >= 11 is 12.0. The molecule has 0 aromatic heterocycles. The molecule has 0 bridgehead atoms. The molecule has 0 saturated carbocycles. The minimum Gasteiger partial charge on any atom is -0.480 e. The number of carbonyl (C=O) groups is 3. The van der Waals surface area contributed by atoms with Crippen LogP contribution in [0.1, 0.15) is 24.0 Å². The van der Waals surface area contributed by atoms with Gasteiger partial charge in [-0.25, -0.2) is 9.59 Å². The van der Waals surface area contributed by atoms with Gasteiger partial charge >= 0.3 is 12.1 Å². The van der Waals surface area contributed by atoms with E-state index >= 15 is 0 Å². The molecule has 164 valence electrons. The summed E-state index contributed by atoms with van der Waals surface area (Å²) in [4.78, 5) is 38.4. The normalized spacial score (nSPS) is 16.6. The van der Waals surface area contributed by atoms with Gasteiger partial charge in [0.05, 0.1) is 0 Å². The molecule has 0 unspecified atom stereocenters. The molecule has 1 aliphatic heterocycles. The van der Waals surface area contributed by atoms with Crippen molar-refractivity contribution < 1.29 is 24.2 Å². The van der Waals surface area contributed by atoms with Crippen molar-refractivity contribution in [2.75, 3.05) is 6.54 Å². The number of carboxylic acid groups (broad SMARTS) is 1. The van der Waals surface area contributed by atoms with Crippen LogP contribution in [0.15, 0.2) is 48.5 Å². The van der Waals surface area contributed by atoms with E-state index < -0.39 is 30.1 Å². The van der Waals surface area contributed by atoms with Crippen molar-refractivity contribution in [3.63, 3.8) is 0 Å². The Labute approximate surface area is 189 Å². The van der Waals surface area contributed by atoms with Gasteiger partial charge in [0.2, 0.25) is 5.91 Å². The second-order valence-corrected chi connectivity index (χ2v) is 8.07. The van der Waals surface area contributed by atoms with E-state index in [-0.39, 0.29) is 13.0 Å². The summed E-state index contributed by atoms with van der Waals surface area (Å²) in [6, 6.07) is 12.0. The number of ether oxygens (including phenoxy) is 1. The largest absolute Gasteiger partial charge is 0.480 e. The zero-order valence-corrected chi connectivity index (χ0v) is 18.1. The first-order chi connectivity index (χ1) is 14.8. The lowest BCUT2D eigenvalue weighted by Gasteiger charge is -2.25. The van der Waals surface area contributed by atoms with Crippen LogP contribution < -0.4 is 5.32 Å². The first kappa shape index (κ1) is 22.9. The molecule has 2 atom stereocenters. The Morgan fingerprint density at radius 1 is 1.16 bits per heavy atom. The minimum atomic E-state index is -1.20. The molecule has 1 aliphatic rings. The summed E-state index contributed by atoms with van der Waals surface area (Å²) in [5.74, 6) is -1.73. The highest BCUT2D eigenvalue weighted by Crippen LogP contribution is 2.23. The van der Waals surface area contributed by atoms with Gasteiger partial charge < -0.3 is 15.2 Å². The van der Waals surface area contributed by atoms with E-state index in [1.54, 1.807) is 12.1 Å². The maximum atomic E-state index is 12.8. The molecular weight excluding hydrogens is 443 g/mol. The summed E-state index contributed by atoms with van der Waals surface area (Å²) in [5.41, 5.74) is 1.38. The Kier molecular flexibility index (Phi) is 7.76. The molecule has 2 aromatic rings. The lowest BCUT2D eigenvalue weighted by Crippen LogP contribution is -2.51. The van der Waals surface area contributed by atoms with Gasteiger partial charge in [0.15, 0.2) is 0 Å². The van der Waals surface area contributed by atoms with Crippen LogP contribution in [0, 0.1) is 0 Å². The van der Waals surface area contributed by atoms with Gasteiger partial charge in [0.25, 0.3) is 0 Å². The van der Waals surface area contributed by atoms with Gasteiger partial charge in [-0.1, -0.05) is 59.6 Å². The molecule has 7 nitrogen and oxygen atoms in total. The van der Waals surface area contributed by atoms with Gasteiger partial charge in [0.1, 0.15) is 18.7 Å². The van der Waals surface area contributed by atoms with Crippen LogP contribution in [0.5, 0.6) is 0 Å². The minimum absolute atomic E-state index is 0.0117. The van der Waals surface area contributed by atoms with E-state index in [2.05, 4.69) is 5.32 Å². The summed E-state index contributed by atoms with van der Waals surface area (Å²) < 4.78 is 5.33. The maximum Gasteiger partial charge on any atom is 0.410 e. The average molecular weight is 465 g/mol. The fraction of sp³-hybridized carbons (Fsp3) is 0.318. The third-order valence-corrected chi connectivity index (χ3v) is 5.64. The summed E-state index contributed by atoms with van der Waals surface area (Å²) in [6.45, 7) is 0.462. The Hall–Kier alpha value is -2.77. The fourth-order valence-electron chi connectivity index (χ4n) is 3.44. The standard InChI is InChI=1S/C22H22Cl2N2O5/c23-16-9-8-15(17(24)12-16)11-18(21(28)29)25-20(27)19-7-4-10-26(19)22(30)31-13-14-5-2-1-3-6-14/h1-3,5-6,8-9,12,18-19H,4,7,10-11,13H2,(H,25,27)(H,28,29)/t18-,19-/m1/s1. The topological polar surface area (TPSA) is 95.9 Å². The highest BCUT2D eigenvalue weighted by Gasteiger charge is 2.36. The predicted molar refractivity (Wildman–Crippen MR) is 116 cm³/mol. The Bertz CT molecular complexity index is 954. The average Bonchev–Trinajstić information content (AvgIpc) is 3.24. The Morgan fingerprint density at radius 3 is 2.58 bits per heavy atom. The van der Waals surface area contributed by atoms with E-state index in [0.29, 0.717) is 35.0 Å². The number of hydrogen-bond donors (Lipinski definition) is 2. The molecule has 2 N–H and O–H groups in total. The van der Waals surface area contributed by atoms with Gasteiger partial charge in [-0.05, 0) is 36.1 Å². The van der Waals surface area contributed by atoms with E-state index in [1.165, 1.54) is 11.0 Å². The van der Waals surface area contributed by atoms with Crippen molar-refractivity contribution in [1.82, 2.24) is 10.2 Å². The van der Waals surface area contributed by atoms with Crippen molar-refractivity contribution in [3.05, 3.63) is 69.7 Å². The van der Waals surface area contributed by atoms with Crippen molar-refractivity contribution >= 4 is 41.2 Å². The summed E-state index contributed by atoms with van der Waals surface area (Å²) in [6.07, 6.45) is 0.441. The molecule has 2 aromatic carbocycles. The van der Waals surface area contributed by atoms with Crippen LogP contribution in [0.3, 0.4) is 0 Å². The number of amides is 2. The van der Waals surface area contributed by atoms with Gasteiger partial charge in [-0.2, -0.15) is 0 Å². The monoisotopic (exact) mass is 464 g/mol. The molecule has 0 spiro atoms. The highest BCUT2D eigenvalue weighted by atomic mass is 35.5. The van der Waals surface area contributed by atoms with Gasteiger partial charge in [-0.15, -0.1) is 0 Å². The van der Waals surface area contributed by atoms with E-state index in [0.717, 1.165) is 5.56 Å². The molecule has 31 heavy (non-hydrogen) atoms. The number of nitrogens with zero attached hydrogens (tertiary/aromatic N) is 1. The van der Waals surface area contributed by atoms with E-state index in [1.807, 2.05) is 30.3 Å². The predicted octanol–water partition coefficient (Wildman–Crippen LogP) is 3.91. The van der Waals surface area contributed by atoms with Crippen LogP contribution in [-0.2, 0) is 27.4 Å². The lowest BCUT2D eigenvalue weighted by atomic mass is 10.1. The number of hydrogen-bond acceptors (Lipinski definition) is 4. The lowest BCUT2D eigenvalue weighted by molar-refractivity contribution is -0.142. The Morgan fingerprint density at radius 2 is 1.90 bits per heavy atom. The third kappa shape index (κ3) is 6.12. The number of likely N-dealkylation sites (tertiary alicyclic amines) is 1. The van der Waals surface area contributed by atoms with E-state index in [4.69, 9.17) is 27.9 Å². The Balaban J connectivity index is 1.62. The molecule has 0 radical (unpaired) electrons. The zero-order valence-electron chi connectivity index (χ0n) is 16.6. The first-order valence-corrected chi connectivity index (χ1v) is 10.5. The van der Waals surface area contributed by atoms with Crippen LogP contribution in [0.25, 0.3) is 0 Å². The number of aliphatic carboxylic acids is 1. The molecule has 0 aliphatic carbocycles. The molecule has 1 saturated heterocycles. The van der Waals surface area contributed by atoms with Crippen LogP contribution in [0.4, 0.5) is 4.79 Å². The highest BCUT2D eigenvalue weighted by molar-refractivity contribution is 6.35. The molecule has 9 heteroatoms. The second-order valence-electron chi connectivity index (χ2n) is 7.23. The molecule has 1 fully saturated rings. The first-order valence-electron chi connectivity index (χ1n) is 9.79. The van der Waals surface area contributed by atoms with E-state index in [9.17, 15) is 19.5 Å². The fourth-order valence-corrected chi connectivity index (χ4v) is 3.92. The summed E-state index contributed by atoms with van der Waals surface area (Å²) in [5, 5.41) is 12.8. The SMILES string of the molecule is O=C(N[C@H](Cc1ccc(Cl)cc1Cl)C(=O)O)[C@H]1CCCN1C(=O)OCc1ccccc1. The molecule has 1 heterocycles. The number of benzene rings is 2. The summed E-state index contributed by atoms with van der Waals surface area (Å²) in [7, 11) is 0. The zero-order chi connectivity index (χ0) is 22.4. The second kappa shape index (κ2) is 10.5. The molecule has 2 amide bonds. The molecule has 3 rings (SSSR count). The smallest absolute Gasteiger partial charge is 0.410 e. The number of halogens is 2. The van der Waals surface area contributed by atoms with Crippen LogP contribution >= 0.6 is 23.2 Å². The number of carboxylic acids is 1. The quantitative estimate of drug-likeness (QED) is 0.647. The van der Waals surface area contributed by atoms with Crippen LogP contribution in [-0.4, -0.2) is 46.6 Å². The van der Waals surface area contributed by atoms with Crippen molar-refractivity contribution in [2.45, 2.75) is 38.0 Å². The molecular formula is C22H22Cl2N2O5. The number of rotatable bonds is 7. The third-order valence-electron chi connectivity index (χ3n) is 5.05. The number of carbonyl (C=O) groups excluding carboxylic acids is 2. The van der Waals surface area contributed by atoms with Crippen LogP contribution in [0.2, 0.25) is 10.0 Å². The van der Waals surface area contributed by atoms with Crippen molar-refractivity contribution in [3.8, 4) is 0 Å². The number of nitrogens with one attached hydrogen (secondary N) is 1. The van der Waals surface area contributed by atoms with Gasteiger partial charge in [0, 0.05) is 23.0 Å². The van der Waals surface area contributed by atoms with Crippen molar-refractivity contribution in [2.24, 2.45) is 0 Å². The van der Waals surface area contributed by atoms with Crippen molar-refractivity contribution in [1.29, 1.82) is 0 Å². The van der Waals surface area contributed by atoms with Gasteiger partial charge in [-0.3, -0.25) is 9.69 Å². The maximum absolute atomic E-state index is 12.8.